The summed E-state index contributed by atoms with van der Waals surface area (Å²) in [4.78, 5) is 24.6. The fraction of sp³-hybridized carbons (Fsp3) is 0.176. The van der Waals surface area contributed by atoms with Crippen LogP contribution in [-0.4, -0.2) is 17.6 Å². The van der Waals surface area contributed by atoms with Gasteiger partial charge in [-0.25, -0.2) is 4.79 Å². The van der Waals surface area contributed by atoms with Crippen LogP contribution < -0.4 is 5.32 Å². The summed E-state index contributed by atoms with van der Waals surface area (Å²) in [6.45, 7) is 1.84. The third-order valence-corrected chi connectivity index (χ3v) is 4.47. The largest absolute Gasteiger partial charge is 0.454 e. The van der Waals surface area contributed by atoms with Gasteiger partial charge in [-0.2, -0.15) is 0 Å². The Balaban J connectivity index is 1.75. The molecular formula is C17H15NO3S. The van der Waals surface area contributed by atoms with Gasteiger partial charge in [-0.15, -0.1) is 11.8 Å². The molecule has 0 saturated carbocycles. The van der Waals surface area contributed by atoms with E-state index in [0.29, 0.717) is 17.0 Å². The van der Waals surface area contributed by atoms with Crippen molar-refractivity contribution >= 4 is 29.3 Å². The number of benzene rings is 2. The third kappa shape index (κ3) is 3.14. The maximum atomic E-state index is 12.3. The number of hydrogen-bond acceptors (Lipinski definition) is 4. The molecule has 0 spiro atoms. The summed E-state index contributed by atoms with van der Waals surface area (Å²) in [5.41, 5.74) is 2.05. The van der Waals surface area contributed by atoms with Crippen molar-refractivity contribution in [3.05, 3.63) is 59.7 Å². The Morgan fingerprint density at radius 2 is 2.00 bits per heavy atom. The van der Waals surface area contributed by atoms with Crippen LogP contribution in [-0.2, 0) is 9.53 Å². The Kier molecular flexibility index (Phi) is 4.15. The number of nitrogens with one attached hydrogen (secondary N) is 1. The van der Waals surface area contributed by atoms with E-state index in [1.165, 1.54) is 11.8 Å². The molecule has 0 aliphatic carbocycles. The standard InChI is InChI=1S/C17H15NO3S/c1-11(12-5-3-2-4-6-12)21-17(20)13-7-8-15-14(9-13)18-16(19)10-22-15/h2-9,11H,10H2,1H3,(H,18,19). The van der Waals surface area contributed by atoms with E-state index in [1.54, 1.807) is 12.1 Å². The molecule has 5 heteroatoms. The molecule has 0 aromatic heterocycles. The summed E-state index contributed by atoms with van der Waals surface area (Å²) >= 11 is 1.46. The average Bonchev–Trinajstić information content (AvgIpc) is 2.54. The predicted molar refractivity (Wildman–Crippen MR) is 86.1 cm³/mol. The van der Waals surface area contributed by atoms with Gasteiger partial charge in [0.15, 0.2) is 0 Å². The first kappa shape index (κ1) is 14.7. The highest BCUT2D eigenvalue weighted by molar-refractivity contribution is 8.00. The molecule has 4 nitrogen and oxygen atoms in total. The molecule has 0 radical (unpaired) electrons. The highest BCUT2D eigenvalue weighted by atomic mass is 32.2. The zero-order valence-corrected chi connectivity index (χ0v) is 12.9. The Morgan fingerprint density at radius 1 is 1.23 bits per heavy atom. The van der Waals surface area contributed by atoms with Crippen LogP contribution in [0, 0.1) is 0 Å². The van der Waals surface area contributed by atoms with Gasteiger partial charge in [-0.1, -0.05) is 30.3 Å². The molecule has 1 aliphatic rings. The zero-order valence-electron chi connectivity index (χ0n) is 12.0. The van der Waals surface area contributed by atoms with Gasteiger partial charge in [-0.3, -0.25) is 4.79 Å². The molecule has 3 rings (SSSR count). The van der Waals surface area contributed by atoms with Crippen LogP contribution in [0.4, 0.5) is 5.69 Å². The summed E-state index contributed by atoms with van der Waals surface area (Å²) in [5.74, 6) is -0.0494. The Labute approximate surface area is 132 Å². The first-order chi connectivity index (χ1) is 10.6. The number of ether oxygens (including phenoxy) is 1. The van der Waals surface area contributed by atoms with Gasteiger partial charge in [0.05, 0.1) is 17.0 Å². The van der Waals surface area contributed by atoms with E-state index in [9.17, 15) is 9.59 Å². The third-order valence-electron chi connectivity index (χ3n) is 3.40. The number of carbonyl (C=O) groups is 2. The lowest BCUT2D eigenvalue weighted by molar-refractivity contribution is -0.113. The lowest BCUT2D eigenvalue weighted by Crippen LogP contribution is -2.19. The molecular weight excluding hydrogens is 298 g/mol. The van der Waals surface area contributed by atoms with Crippen molar-refractivity contribution in [2.24, 2.45) is 0 Å². The van der Waals surface area contributed by atoms with Crippen LogP contribution in [0.5, 0.6) is 0 Å². The molecule has 1 aliphatic heterocycles. The number of carbonyl (C=O) groups excluding carboxylic acids is 2. The van der Waals surface area contributed by atoms with Crippen molar-refractivity contribution in [1.82, 2.24) is 0 Å². The second-order valence-corrected chi connectivity index (χ2v) is 6.02. The van der Waals surface area contributed by atoms with Gasteiger partial charge in [0.25, 0.3) is 0 Å². The van der Waals surface area contributed by atoms with Crippen LogP contribution in [0.2, 0.25) is 0 Å². The Bertz CT molecular complexity index is 715. The molecule has 2 aromatic carbocycles. The van der Waals surface area contributed by atoms with Crippen molar-refractivity contribution < 1.29 is 14.3 Å². The van der Waals surface area contributed by atoms with Crippen LogP contribution in [0.1, 0.15) is 28.9 Å². The highest BCUT2D eigenvalue weighted by Crippen LogP contribution is 2.32. The van der Waals surface area contributed by atoms with Gasteiger partial charge >= 0.3 is 5.97 Å². The molecule has 1 N–H and O–H groups in total. The normalized spacial score (nSPS) is 14.7. The van der Waals surface area contributed by atoms with Crippen molar-refractivity contribution in [2.75, 3.05) is 11.1 Å². The molecule has 1 heterocycles. The summed E-state index contributed by atoms with van der Waals surface area (Å²) in [5, 5.41) is 2.77. The molecule has 0 saturated heterocycles. The van der Waals surface area contributed by atoms with Crippen LogP contribution >= 0.6 is 11.8 Å². The van der Waals surface area contributed by atoms with Crippen LogP contribution in [0.25, 0.3) is 0 Å². The molecule has 2 aromatic rings. The lowest BCUT2D eigenvalue weighted by Gasteiger charge is -2.18. The fourth-order valence-electron chi connectivity index (χ4n) is 2.23. The molecule has 112 valence electrons. The number of esters is 1. The summed E-state index contributed by atoms with van der Waals surface area (Å²) < 4.78 is 5.48. The van der Waals surface area contributed by atoms with E-state index in [4.69, 9.17) is 4.74 Å². The second-order valence-electron chi connectivity index (χ2n) is 5.01. The van der Waals surface area contributed by atoms with E-state index < -0.39 is 5.97 Å². The minimum atomic E-state index is -0.399. The summed E-state index contributed by atoms with van der Waals surface area (Å²) in [6.07, 6.45) is -0.325. The smallest absolute Gasteiger partial charge is 0.338 e. The number of anilines is 1. The van der Waals surface area contributed by atoms with E-state index in [2.05, 4.69) is 5.32 Å². The van der Waals surface area contributed by atoms with Gasteiger partial charge in [0.1, 0.15) is 6.10 Å². The quantitative estimate of drug-likeness (QED) is 0.879. The van der Waals surface area contributed by atoms with E-state index in [1.807, 2.05) is 43.3 Å². The second kappa shape index (κ2) is 6.23. The predicted octanol–water partition coefficient (Wildman–Crippen LogP) is 3.65. The van der Waals surface area contributed by atoms with E-state index in [0.717, 1.165) is 10.5 Å². The minimum absolute atomic E-state index is 0.0549. The van der Waals surface area contributed by atoms with E-state index >= 15 is 0 Å². The SMILES string of the molecule is CC(OC(=O)c1ccc2c(c1)NC(=O)CS2)c1ccccc1. The number of fused-ring (bicyclic) bond motifs is 1. The molecule has 1 atom stereocenters. The molecule has 1 unspecified atom stereocenters. The summed E-state index contributed by atoms with van der Waals surface area (Å²) in [6, 6.07) is 14.8. The monoisotopic (exact) mass is 313 g/mol. The zero-order chi connectivity index (χ0) is 15.5. The molecule has 0 fully saturated rings. The Hall–Kier alpha value is -2.27. The van der Waals surface area contributed by atoms with Crippen molar-refractivity contribution in [3.63, 3.8) is 0 Å². The average molecular weight is 313 g/mol. The van der Waals surface area contributed by atoms with E-state index in [-0.39, 0.29) is 12.0 Å². The van der Waals surface area contributed by atoms with Gasteiger partial charge < -0.3 is 10.1 Å². The highest BCUT2D eigenvalue weighted by Gasteiger charge is 2.19. The number of hydrogen-bond donors (Lipinski definition) is 1. The van der Waals surface area contributed by atoms with Crippen LogP contribution in [0.15, 0.2) is 53.4 Å². The van der Waals surface area contributed by atoms with Crippen LogP contribution in [0.3, 0.4) is 0 Å². The maximum absolute atomic E-state index is 12.3. The van der Waals surface area contributed by atoms with Gasteiger partial charge in [-0.05, 0) is 30.7 Å². The van der Waals surface area contributed by atoms with Gasteiger partial charge in [0, 0.05) is 4.90 Å². The van der Waals surface area contributed by atoms with Crippen molar-refractivity contribution in [1.29, 1.82) is 0 Å². The lowest BCUT2D eigenvalue weighted by atomic mass is 10.1. The first-order valence-corrected chi connectivity index (χ1v) is 7.94. The van der Waals surface area contributed by atoms with Crippen molar-refractivity contribution in [2.45, 2.75) is 17.9 Å². The topological polar surface area (TPSA) is 55.4 Å². The number of amides is 1. The molecule has 0 bridgehead atoms. The Morgan fingerprint density at radius 3 is 2.77 bits per heavy atom. The first-order valence-electron chi connectivity index (χ1n) is 6.96. The van der Waals surface area contributed by atoms with Crippen molar-refractivity contribution in [3.8, 4) is 0 Å². The molecule has 22 heavy (non-hydrogen) atoms. The number of rotatable bonds is 3. The minimum Gasteiger partial charge on any atom is -0.454 e. The maximum Gasteiger partial charge on any atom is 0.338 e. The molecule has 1 amide bonds. The number of thioether (sulfide) groups is 1. The fourth-order valence-corrected chi connectivity index (χ4v) is 3.02. The van der Waals surface area contributed by atoms with Gasteiger partial charge in [0.2, 0.25) is 5.91 Å². The summed E-state index contributed by atoms with van der Waals surface area (Å²) in [7, 11) is 0.